The average molecular weight is 445 g/mol. The van der Waals surface area contributed by atoms with E-state index in [4.69, 9.17) is 0 Å². The van der Waals surface area contributed by atoms with Gasteiger partial charge in [-0.15, -0.1) is 0 Å². The van der Waals surface area contributed by atoms with Crippen molar-refractivity contribution in [2.45, 2.75) is 6.92 Å². The van der Waals surface area contributed by atoms with Gasteiger partial charge in [0.2, 0.25) is 0 Å². The van der Waals surface area contributed by atoms with Gasteiger partial charge in [-0.1, -0.05) is 127 Å². The first-order chi connectivity index (χ1) is 17.3. The van der Waals surface area contributed by atoms with Crippen LogP contribution >= 0.6 is 0 Å². The lowest BCUT2D eigenvalue weighted by Crippen LogP contribution is -1.91. The Morgan fingerprint density at radius 3 is 1.37 bits per heavy atom. The third-order valence-corrected chi connectivity index (χ3v) is 7.31. The molecular weight excluding hydrogens is 420 g/mol. The Balaban J connectivity index is 1.62. The molecule has 0 heteroatoms. The summed E-state index contributed by atoms with van der Waals surface area (Å²) in [6.45, 7) is 2.15. The molecule has 0 radical (unpaired) electrons. The van der Waals surface area contributed by atoms with Gasteiger partial charge in [0.05, 0.1) is 0 Å². The van der Waals surface area contributed by atoms with Gasteiger partial charge in [-0.05, 0) is 78.3 Å². The Labute approximate surface area is 205 Å². The highest BCUT2D eigenvalue weighted by Crippen LogP contribution is 2.44. The molecule has 0 unspecified atom stereocenters. The largest absolute Gasteiger partial charge is 0.0616 e. The zero-order valence-electron chi connectivity index (χ0n) is 19.6. The molecule has 7 aromatic carbocycles. The minimum atomic E-state index is 1.26. The molecule has 0 amide bonds. The molecule has 0 spiro atoms. The van der Waals surface area contributed by atoms with E-state index in [1.54, 1.807) is 0 Å². The van der Waals surface area contributed by atoms with Crippen LogP contribution in [0.2, 0.25) is 0 Å². The number of rotatable bonds is 2. The van der Waals surface area contributed by atoms with Crippen LogP contribution in [0, 0.1) is 6.92 Å². The number of hydrogen-bond donors (Lipinski definition) is 0. The Morgan fingerprint density at radius 1 is 0.343 bits per heavy atom. The van der Waals surface area contributed by atoms with Gasteiger partial charge in [-0.25, -0.2) is 0 Å². The molecule has 7 rings (SSSR count). The second kappa shape index (κ2) is 7.82. The molecule has 0 N–H and O–H groups in total. The fraction of sp³-hybridized carbons (Fsp3) is 0.0286. The first kappa shape index (κ1) is 20.0. The second-order valence-electron chi connectivity index (χ2n) is 9.43. The molecule has 0 aliphatic heterocycles. The molecular formula is C35H24. The smallest absolute Gasteiger partial charge is 0.00261 e. The highest BCUT2D eigenvalue weighted by atomic mass is 14.2. The quantitative estimate of drug-likeness (QED) is 0.184. The summed E-state index contributed by atoms with van der Waals surface area (Å²) in [6, 6.07) is 46.8. The molecule has 0 fully saturated rings. The van der Waals surface area contributed by atoms with E-state index in [-0.39, 0.29) is 0 Å². The molecule has 35 heavy (non-hydrogen) atoms. The number of fused-ring (bicyclic) bond motifs is 5. The number of benzene rings is 7. The maximum Gasteiger partial charge on any atom is -0.00261 e. The van der Waals surface area contributed by atoms with Crippen molar-refractivity contribution in [3.05, 3.63) is 133 Å². The Kier molecular flexibility index (Phi) is 4.47. The Hall–Kier alpha value is -4.42. The van der Waals surface area contributed by atoms with E-state index in [0.29, 0.717) is 0 Å². The molecule has 0 heterocycles. The van der Waals surface area contributed by atoms with E-state index < -0.39 is 0 Å². The van der Waals surface area contributed by atoms with Gasteiger partial charge in [0, 0.05) is 0 Å². The van der Waals surface area contributed by atoms with Gasteiger partial charge in [-0.3, -0.25) is 0 Å². The topological polar surface area (TPSA) is 0 Å². The lowest BCUT2D eigenvalue weighted by atomic mass is 9.85. The molecule has 0 nitrogen and oxygen atoms in total. The monoisotopic (exact) mass is 444 g/mol. The summed E-state index contributed by atoms with van der Waals surface area (Å²) in [6.07, 6.45) is 0. The standard InChI is InChI=1S/C35H24/c1-23-14-16-26(17-15-23)34-29-10-4-6-12-31(29)35(32-13-7-5-11-30(32)34)27-21-20-25-19-18-24-8-2-3-9-28(24)33(25)22-27/h2-22H,1H3. The van der Waals surface area contributed by atoms with E-state index in [0.717, 1.165) is 0 Å². The van der Waals surface area contributed by atoms with Crippen molar-refractivity contribution in [2.24, 2.45) is 0 Å². The summed E-state index contributed by atoms with van der Waals surface area (Å²) in [5.74, 6) is 0. The molecule has 7 aromatic rings. The highest BCUT2D eigenvalue weighted by molar-refractivity contribution is 6.22. The van der Waals surface area contributed by atoms with E-state index in [9.17, 15) is 0 Å². The summed E-state index contributed by atoms with van der Waals surface area (Å²) in [5.41, 5.74) is 6.42. The van der Waals surface area contributed by atoms with Gasteiger partial charge < -0.3 is 0 Å². The van der Waals surface area contributed by atoms with Crippen LogP contribution in [0.1, 0.15) is 5.56 Å². The van der Waals surface area contributed by atoms with Crippen LogP contribution in [-0.2, 0) is 0 Å². The van der Waals surface area contributed by atoms with Crippen molar-refractivity contribution in [3.63, 3.8) is 0 Å². The van der Waals surface area contributed by atoms with Crippen molar-refractivity contribution < 1.29 is 0 Å². The molecule has 0 aliphatic rings. The summed E-state index contributed by atoms with van der Waals surface area (Å²) >= 11 is 0. The minimum Gasteiger partial charge on any atom is -0.0616 e. The molecule has 0 aromatic heterocycles. The normalized spacial score (nSPS) is 11.6. The summed E-state index contributed by atoms with van der Waals surface area (Å²) < 4.78 is 0. The first-order valence-corrected chi connectivity index (χ1v) is 12.2. The third-order valence-electron chi connectivity index (χ3n) is 7.31. The van der Waals surface area contributed by atoms with Gasteiger partial charge in [0.25, 0.3) is 0 Å². The number of hydrogen-bond acceptors (Lipinski definition) is 0. The maximum atomic E-state index is 2.39. The highest BCUT2D eigenvalue weighted by Gasteiger charge is 2.16. The van der Waals surface area contributed by atoms with Gasteiger partial charge in [0.1, 0.15) is 0 Å². The first-order valence-electron chi connectivity index (χ1n) is 12.2. The molecule has 0 saturated carbocycles. The molecule has 0 aliphatic carbocycles. The lowest BCUT2D eigenvalue weighted by Gasteiger charge is -2.18. The SMILES string of the molecule is Cc1ccc(-c2c3ccccc3c(-c3ccc4ccc5ccccc5c4c3)c3ccccc23)cc1. The van der Waals surface area contributed by atoms with Crippen LogP contribution in [0.25, 0.3) is 65.3 Å². The summed E-state index contributed by atoms with van der Waals surface area (Å²) in [7, 11) is 0. The van der Waals surface area contributed by atoms with Crippen molar-refractivity contribution in [3.8, 4) is 22.3 Å². The molecule has 0 atom stereocenters. The summed E-state index contributed by atoms with van der Waals surface area (Å²) in [4.78, 5) is 0. The van der Waals surface area contributed by atoms with Crippen LogP contribution < -0.4 is 0 Å². The predicted molar refractivity (Wildman–Crippen MR) is 152 cm³/mol. The van der Waals surface area contributed by atoms with Crippen LogP contribution in [0.5, 0.6) is 0 Å². The zero-order valence-corrected chi connectivity index (χ0v) is 19.6. The molecule has 0 saturated heterocycles. The van der Waals surface area contributed by atoms with Crippen LogP contribution in [-0.4, -0.2) is 0 Å². The Bertz CT molecular complexity index is 1830. The van der Waals surface area contributed by atoms with E-state index in [2.05, 4.69) is 134 Å². The molecule has 0 bridgehead atoms. The van der Waals surface area contributed by atoms with Gasteiger partial charge >= 0.3 is 0 Å². The zero-order chi connectivity index (χ0) is 23.4. The van der Waals surface area contributed by atoms with Crippen LogP contribution in [0.4, 0.5) is 0 Å². The van der Waals surface area contributed by atoms with E-state index >= 15 is 0 Å². The molecule has 164 valence electrons. The van der Waals surface area contributed by atoms with Crippen molar-refractivity contribution in [1.29, 1.82) is 0 Å². The van der Waals surface area contributed by atoms with Crippen molar-refractivity contribution in [2.75, 3.05) is 0 Å². The lowest BCUT2D eigenvalue weighted by molar-refractivity contribution is 1.47. The third kappa shape index (κ3) is 3.15. The van der Waals surface area contributed by atoms with E-state index in [1.807, 2.05) is 0 Å². The van der Waals surface area contributed by atoms with Gasteiger partial charge in [0.15, 0.2) is 0 Å². The van der Waals surface area contributed by atoms with Crippen molar-refractivity contribution in [1.82, 2.24) is 0 Å². The predicted octanol–water partition coefficient (Wildman–Crippen LogP) is 9.94. The van der Waals surface area contributed by atoms with Crippen LogP contribution in [0.3, 0.4) is 0 Å². The van der Waals surface area contributed by atoms with Crippen molar-refractivity contribution >= 4 is 43.1 Å². The van der Waals surface area contributed by atoms with E-state index in [1.165, 1.54) is 70.9 Å². The fourth-order valence-electron chi connectivity index (χ4n) is 5.63. The Morgan fingerprint density at radius 2 is 0.771 bits per heavy atom. The summed E-state index contributed by atoms with van der Waals surface area (Å²) in [5, 5.41) is 10.3. The number of aryl methyl sites for hydroxylation is 1. The average Bonchev–Trinajstić information content (AvgIpc) is 2.92. The minimum absolute atomic E-state index is 1.26. The maximum absolute atomic E-state index is 2.39. The van der Waals surface area contributed by atoms with Gasteiger partial charge in [-0.2, -0.15) is 0 Å². The second-order valence-corrected chi connectivity index (χ2v) is 9.43. The fourth-order valence-corrected chi connectivity index (χ4v) is 5.63. The van der Waals surface area contributed by atoms with Crippen LogP contribution in [0.15, 0.2) is 127 Å².